The molecule has 23 heavy (non-hydrogen) atoms. The number of nitrogens with zero attached hydrogens (tertiary/aromatic N) is 1. The number of carboxylic acids is 1. The maximum absolute atomic E-state index is 12.2. The molecule has 0 aliphatic heterocycles. The molecule has 7 heteroatoms. The number of rotatable bonds is 3. The second-order valence-electron chi connectivity index (χ2n) is 4.89. The molecule has 2 aromatic carbocycles. The van der Waals surface area contributed by atoms with Gasteiger partial charge in [0, 0.05) is 12.1 Å². The van der Waals surface area contributed by atoms with Crippen LogP contribution in [-0.4, -0.2) is 21.0 Å². The lowest BCUT2D eigenvalue weighted by atomic mass is 10.0. The molecule has 0 spiro atoms. The monoisotopic (exact) mass is 310 g/mol. The number of aromatic amines is 1. The Morgan fingerprint density at radius 3 is 2.39 bits per heavy atom. The number of nitro groups is 1. The molecule has 2 N–H and O–H groups in total. The first-order valence-electron chi connectivity index (χ1n) is 6.61. The highest BCUT2D eigenvalue weighted by Crippen LogP contribution is 2.30. The molecule has 0 atom stereocenters. The van der Waals surface area contributed by atoms with E-state index in [1.165, 1.54) is 12.1 Å². The summed E-state index contributed by atoms with van der Waals surface area (Å²) in [5.41, 5.74) is -0.186. The molecule has 0 saturated heterocycles. The Labute approximate surface area is 129 Å². The minimum absolute atomic E-state index is 0.0723. The van der Waals surface area contributed by atoms with Crippen molar-refractivity contribution in [2.75, 3.05) is 0 Å². The molecule has 0 aliphatic rings. The number of nitrogens with one attached hydrogen (secondary N) is 1. The number of benzene rings is 2. The summed E-state index contributed by atoms with van der Waals surface area (Å²) in [4.78, 5) is 36.3. The Morgan fingerprint density at radius 1 is 1.09 bits per heavy atom. The van der Waals surface area contributed by atoms with E-state index in [9.17, 15) is 19.7 Å². The van der Waals surface area contributed by atoms with E-state index in [1.807, 2.05) is 6.07 Å². The maximum atomic E-state index is 12.2. The summed E-state index contributed by atoms with van der Waals surface area (Å²) in [5.74, 6) is -1.36. The minimum atomic E-state index is -1.36. The van der Waals surface area contributed by atoms with E-state index in [4.69, 9.17) is 5.11 Å². The zero-order valence-electron chi connectivity index (χ0n) is 11.6. The number of fused-ring (bicyclic) bond motifs is 1. The number of hydrogen-bond acceptors (Lipinski definition) is 4. The van der Waals surface area contributed by atoms with Gasteiger partial charge in [0.25, 0.3) is 5.69 Å². The highest BCUT2D eigenvalue weighted by molar-refractivity contribution is 5.95. The molecule has 0 unspecified atom stereocenters. The number of carboxylic acid groups (broad SMARTS) is 1. The van der Waals surface area contributed by atoms with Gasteiger partial charge in [0.2, 0.25) is 0 Å². The summed E-state index contributed by atoms with van der Waals surface area (Å²) in [7, 11) is 0. The molecule has 0 saturated carbocycles. The van der Waals surface area contributed by atoms with Gasteiger partial charge in [-0.2, -0.15) is 0 Å². The molecule has 0 amide bonds. The Balaban J connectivity index is 2.39. The standard InChI is InChI=1S/C16H10N2O5/c19-14-8-12(16(20)21)17-15-11(14)6-10(7-13(15)18(22)23)9-4-2-1-3-5-9/h1-8H,(H,17,19)(H,20,21). The third-order valence-electron chi connectivity index (χ3n) is 3.45. The van der Waals surface area contributed by atoms with Crippen molar-refractivity contribution in [3.05, 3.63) is 74.6 Å². The first-order valence-corrected chi connectivity index (χ1v) is 6.61. The van der Waals surface area contributed by atoms with Crippen LogP contribution in [-0.2, 0) is 0 Å². The molecule has 1 aromatic heterocycles. The molecule has 114 valence electrons. The van der Waals surface area contributed by atoms with Gasteiger partial charge in [0.15, 0.2) is 5.43 Å². The van der Waals surface area contributed by atoms with Crippen LogP contribution in [0, 0.1) is 10.1 Å². The number of carbonyl (C=O) groups is 1. The van der Waals surface area contributed by atoms with Crippen molar-refractivity contribution in [1.82, 2.24) is 4.98 Å². The van der Waals surface area contributed by atoms with E-state index in [1.54, 1.807) is 24.3 Å². The van der Waals surface area contributed by atoms with Crippen LogP contribution in [0.25, 0.3) is 22.0 Å². The maximum Gasteiger partial charge on any atom is 0.352 e. The predicted octanol–water partition coefficient (Wildman–Crippen LogP) is 2.80. The average Bonchev–Trinajstić information content (AvgIpc) is 2.54. The molecule has 0 aliphatic carbocycles. The van der Waals surface area contributed by atoms with Crippen LogP contribution < -0.4 is 5.43 Å². The fourth-order valence-corrected chi connectivity index (χ4v) is 2.39. The molecule has 7 nitrogen and oxygen atoms in total. The van der Waals surface area contributed by atoms with Crippen LogP contribution in [0.15, 0.2) is 53.3 Å². The van der Waals surface area contributed by atoms with E-state index in [2.05, 4.69) is 4.98 Å². The number of nitro benzene ring substituents is 1. The smallest absolute Gasteiger partial charge is 0.352 e. The van der Waals surface area contributed by atoms with E-state index in [0.717, 1.165) is 11.6 Å². The van der Waals surface area contributed by atoms with Gasteiger partial charge >= 0.3 is 5.97 Å². The normalized spacial score (nSPS) is 10.6. The van der Waals surface area contributed by atoms with Crippen molar-refractivity contribution in [2.24, 2.45) is 0 Å². The second-order valence-corrected chi connectivity index (χ2v) is 4.89. The molecule has 0 fully saturated rings. The third kappa shape index (κ3) is 2.55. The first-order chi connectivity index (χ1) is 11.0. The van der Waals surface area contributed by atoms with Crippen molar-refractivity contribution >= 4 is 22.6 Å². The van der Waals surface area contributed by atoms with E-state index < -0.39 is 22.0 Å². The fourth-order valence-electron chi connectivity index (χ4n) is 2.39. The zero-order chi connectivity index (χ0) is 16.6. The number of H-pyrrole nitrogens is 1. The predicted molar refractivity (Wildman–Crippen MR) is 83.6 cm³/mol. The summed E-state index contributed by atoms with van der Waals surface area (Å²) >= 11 is 0. The molecule has 0 bridgehead atoms. The second kappa shape index (κ2) is 5.38. The van der Waals surface area contributed by atoms with Gasteiger partial charge in [0.1, 0.15) is 11.2 Å². The lowest BCUT2D eigenvalue weighted by molar-refractivity contribution is -0.383. The minimum Gasteiger partial charge on any atom is -0.477 e. The average molecular weight is 310 g/mol. The van der Waals surface area contributed by atoms with Crippen LogP contribution in [0.1, 0.15) is 10.5 Å². The lowest BCUT2D eigenvalue weighted by Crippen LogP contribution is -2.10. The van der Waals surface area contributed by atoms with Gasteiger partial charge in [-0.1, -0.05) is 30.3 Å². The zero-order valence-corrected chi connectivity index (χ0v) is 11.6. The van der Waals surface area contributed by atoms with Crippen LogP contribution in [0.2, 0.25) is 0 Å². The Hall–Kier alpha value is -3.48. The Bertz CT molecular complexity index is 993. The first kappa shape index (κ1) is 14.5. The molecule has 3 rings (SSSR count). The van der Waals surface area contributed by atoms with Gasteiger partial charge in [-0.05, 0) is 17.2 Å². The van der Waals surface area contributed by atoms with E-state index >= 15 is 0 Å². The van der Waals surface area contributed by atoms with Crippen molar-refractivity contribution < 1.29 is 14.8 Å². The number of aromatic carboxylic acids is 1. The number of aromatic nitrogens is 1. The van der Waals surface area contributed by atoms with E-state index in [0.29, 0.717) is 5.56 Å². The molecular formula is C16H10N2O5. The quantitative estimate of drug-likeness (QED) is 0.570. The summed E-state index contributed by atoms with van der Waals surface area (Å²) in [6, 6.07) is 12.7. The van der Waals surface area contributed by atoms with Crippen molar-refractivity contribution in [3.8, 4) is 11.1 Å². The summed E-state index contributed by atoms with van der Waals surface area (Å²) < 4.78 is 0. The SMILES string of the molecule is O=C(O)c1cc(=O)c2cc(-c3ccccc3)cc([N+](=O)[O-])c2[nH]1. The van der Waals surface area contributed by atoms with Gasteiger partial charge in [0.05, 0.1) is 10.3 Å². The van der Waals surface area contributed by atoms with Gasteiger partial charge in [-0.15, -0.1) is 0 Å². The third-order valence-corrected chi connectivity index (χ3v) is 3.45. The Morgan fingerprint density at radius 2 is 1.78 bits per heavy atom. The van der Waals surface area contributed by atoms with Crippen LogP contribution in [0.5, 0.6) is 0 Å². The lowest BCUT2D eigenvalue weighted by Gasteiger charge is -2.06. The van der Waals surface area contributed by atoms with Crippen LogP contribution in [0.3, 0.4) is 0 Å². The Kier molecular flexibility index (Phi) is 3.38. The van der Waals surface area contributed by atoms with E-state index in [-0.39, 0.29) is 16.6 Å². The molecule has 0 radical (unpaired) electrons. The van der Waals surface area contributed by atoms with Crippen LogP contribution in [0.4, 0.5) is 5.69 Å². The summed E-state index contributed by atoms with van der Waals surface area (Å²) in [5, 5.41) is 20.4. The van der Waals surface area contributed by atoms with Crippen molar-refractivity contribution in [2.45, 2.75) is 0 Å². The number of pyridine rings is 1. The number of hydrogen-bond donors (Lipinski definition) is 2. The summed E-state index contributed by atoms with van der Waals surface area (Å²) in [6.45, 7) is 0. The molecule has 1 heterocycles. The molecule has 3 aromatic rings. The highest BCUT2D eigenvalue weighted by Gasteiger charge is 2.19. The summed E-state index contributed by atoms with van der Waals surface area (Å²) in [6.07, 6.45) is 0. The largest absolute Gasteiger partial charge is 0.477 e. The highest BCUT2D eigenvalue weighted by atomic mass is 16.6. The molecular weight excluding hydrogens is 300 g/mol. The topological polar surface area (TPSA) is 113 Å². The fraction of sp³-hybridized carbons (Fsp3) is 0. The van der Waals surface area contributed by atoms with Gasteiger partial charge in [-0.3, -0.25) is 14.9 Å². The van der Waals surface area contributed by atoms with Gasteiger partial charge < -0.3 is 10.1 Å². The van der Waals surface area contributed by atoms with Crippen LogP contribution >= 0.6 is 0 Å². The van der Waals surface area contributed by atoms with Crippen molar-refractivity contribution in [3.63, 3.8) is 0 Å². The van der Waals surface area contributed by atoms with Crippen molar-refractivity contribution in [1.29, 1.82) is 0 Å². The number of non-ortho nitro benzene ring substituents is 1. The van der Waals surface area contributed by atoms with Gasteiger partial charge in [-0.25, -0.2) is 4.79 Å².